The first-order chi connectivity index (χ1) is 11.7. The van der Waals surface area contributed by atoms with Crippen molar-refractivity contribution in [1.82, 2.24) is 19.9 Å². The highest BCUT2D eigenvalue weighted by Crippen LogP contribution is 2.14. The molecule has 0 bridgehead atoms. The fourth-order valence-electron chi connectivity index (χ4n) is 3.01. The molecule has 0 saturated heterocycles. The molecule has 2 heterocycles. The summed E-state index contributed by atoms with van der Waals surface area (Å²) in [5.41, 5.74) is 8.19. The van der Waals surface area contributed by atoms with Gasteiger partial charge in [-0.3, -0.25) is 4.79 Å². The Labute approximate surface area is 140 Å². The van der Waals surface area contributed by atoms with Crippen LogP contribution in [0.3, 0.4) is 0 Å². The molecule has 0 aliphatic rings. The number of imidazole rings is 1. The molecular weight excluding hydrogens is 304 g/mol. The predicted molar refractivity (Wildman–Crippen MR) is 91.1 cm³/mol. The highest BCUT2D eigenvalue weighted by molar-refractivity contribution is 5.96. The van der Waals surface area contributed by atoms with E-state index >= 15 is 0 Å². The molecule has 7 heteroatoms. The second kappa shape index (κ2) is 6.66. The van der Waals surface area contributed by atoms with Gasteiger partial charge in [0.25, 0.3) is 11.7 Å². The van der Waals surface area contributed by atoms with Gasteiger partial charge in [-0.25, -0.2) is 19.1 Å². The molecule has 0 spiro atoms. The van der Waals surface area contributed by atoms with Crippen molar-refractivity contribution in [1.29, 1.82) is 0 Å². The van der Waals surface area contributed by atoms with E-state index in [2.05, 4.69) is 50.4 Å². The lowest BCUT2D eigenvalue weighted by Crippen LogP contribution is -2.40. The van der Waals surface area contributed by atoms with Gasteiger partial charge >= 0.3 is 0 Å². The van der Waals surface area contributed by atoms with E-state index in [-0.39, 0.29) is 17.4 Å². The number of carbonyl (C=O) groups excluding carboxylic acids is 1. The number of benzene rings is 1. The van der Waals surface area contributed by atoms with Crippen LogP contribution in [0.25, 0.3) is 11.0 Å². The lowest BCUT2D eigenvalue weighted by molar-refractivity contribution is -0.676. The van der Waals surface area contributed by atoms with Crippen LogP contribution in [0.2, 0.25) is 0 Å². The number of nitrogens with zero attached hydrogens (tertiary/aromatic N) is 4. The third-order valence-corrected chi connectivity index (χ3v) is 4.07. The second-order valence-electron chi connectivity index (χ2n) is 5.37. The van der Waals surface area contributed by atoms with E-state index in [4.69, 9.17) is 5.73 Å². The number of para-hydroxylation sites is 2. The van der Waals surface area contributed by atoms with Crippen LogP contribution in [0.1, 0.15) is 30.2 Å². The Morgan fingerprint density at radius 2 is 2.00 bits per heavy atom. The van der Waals surface area contributed by atoms with Crippen molar-refractivity contribution < 1.29 is 9.36 Å². The Morgan fingerprint density at radius 1 is 1.25 bits per heavy atom. The molecule has 0 aliphatic heterocycles. The maximum atomic E-state index is 12.3. The first kappa shape index (κ1) is 15.9. The third kappa shape index (κ3) is 2.68. The van der Waals surface area contributed by atoms with Gasteiger partial charge in [-0.05, 0) is 26.0 Å². The number of rotatable bonds is 5. The lowest BCUT2D eigenvalue weighted by atomic mass is 10.3. The number of amides is 1. The minimum absolute atomic E-state index is 0.134. The van der Waals surface area contributed by atoms with Crippen LogP contribution in [-0.4, -0.2) is 20.4 Å². The van der Waals surface area contributed by atoms with Gasteiger partial charge in [-0.1, -0.05) is 12.1 Å². The molecule has 1 aromatic carbocycles. The Morgan fingerprint density at radius 3 is 2.71 bits per heavy atom. The molecule has 2 aromatic heterocycles. The molecule has 3 rings (SSSR count). The van der Waals surface area contributed by atoms with Crippen LogP contribution in [0.4, 0.5) is 5.82 Å². The molecule has 124 valence electrons. The average Bonchev–Trinajstić information content (AvgIpc) is 2.92. The van der Waals surface area contributed by atoms with Gasteiger partial charge in [-0.2, -0.15) is 0 Å². The molecule has 24 heavy (non-hydrogen) atoms. The molecule has 0 saturated carbocycles. The minimum Gasteiger partial charge on any atom is -0.382 e. The summed E-state index contributed by atoms with van der Waals surface area (Å²) in [7, 11) is 0. The summed E-state index contributed by atoms with van der Waals surface area (Å²) < 4.78 is 4.41. The molecule has 0 unspecified atom stereocenters. The predicted octanol–water partition coefficient (Wildman–Crippen LogP) is 1.27. The van der Waals surface area contributed by atoms with Crippen molar-refractivity contribution in [2.45, 2.75) is 33.5 Å². The quantitative estimate of drug-likeness (QED) is 0.691. The summed E-state index contributed by atoms with van der Waals surface area (Å²) in [5, 5.41) is 2.90. The first-order valence-corrected chi connectivity index (χ1v) is 8.02. The van der Waals surface area contributed by atoms with E-state index in [9.17, 15) is 4.79 Å². The fourth-order valence-corrected chi connectivity index (χ4v) is 3.01. The zero-order valence-electron chi connectivity index (χ0n) is 13.9. The fraction of sp³-hybridized carbons (Fsp3) is 0.294. The van der Waals surface area contributed by atoms with Crippen molar-refractivity contribution in [3.63, 3.8) is 0 Å². The molecule has 0 atom stereocenters. The Kier molecular flexibility index (Phi) is 4.41. The molecule has 0 fully saturated rings. The molecule has 0 radical (unpaired) electrons. The number of nitrogens with two attached hydrogens (primary N) is 1. The number of anilines is 1. The van der Waals surface area contributed by atoms with E-state index < -0.39 is 0 Å². The Balaban J connectivity index is 1.93. The number of fused-ring (bicyclic) bond motifs is 1. The number of nitrogens with one attached hydrogen (secondary N) is 1. The minimum atomic E-state index is -0.323. The normalized spacial score (nSPS) is 10.9. The highest BCUT2D eigenvalue weighted by atomic mass is 16.1. The molecule has 7 nitrogen and oxygen atoms in total. The van der Waals surface area contributed by atoms with Crippen LogP contribution in [0.5, 0.6) is 0 Å². The van der Waals surface area contributed by atoms with Crippen LogP contribution < -0.4 is 15.6 Å². The van der Waals surface area contributed by atoms with Crippen molar-refractivity contribution in [2.75, 3.05) is 5.73 Å². The largest absolute Gasteiger partial charge is 0.382 e. The zero-order chi connectivity index (χ0) is 17.1. The summed E-state index contributed by atoms with van der Waals surface area (Å²) in [6, 6.07) is 8.24. The lowest BCUT2D eigenvalue weighted by Gasteiger charge is -2.06. The summed E-state index contributed by atoms with van der Waals surface area (Å²) in [6.07, 6.45) is 2.92. The zero-order valence-corrected chi connectivity index (χ0v) is 13.9. The Hall–Kier alpha value is -2.96. The highest BCUT2D eigenvalue weighted by Gasteiger charge is 2.23. The van der Waals surface area contributed by atoms with Crippen molar-refractivity contribution in [2.24, 2.45) is 0 Å². The average molecular weight is 325 g/mol. The summed E-state index contributed by atoms with van der Waals surface area (Å²) >= 11 is 0. The summed E-state index contributed by atoms with van der Waals surface area (Å²) in [6.45, 7) is 6.24. The maximum Gasteiger partial charge on any atom is 0.277 e. The van der Waals surface area contributed by atoms with Crippen molar-refractivity contribution in [3.05, 3.63) is 48.2 Å². The second-order valence-corrected chi connectivity index (χ2v) is 5.37. The number of aryl methyl sites for hydroxylation is 2. The van der Waals surface area contributed by atoms with Gasteiger partial charge in [0.2, 0.25) is 0 Å². The van der Waals surface area contributed by atoms with E-state index in [0.717, 1.165) is 29.9 Å². The SMILES string of the molecule is CCn1c(CNC(=O)c2nccnc2N)[n+](CC)c2ccccc21. The topological polar surface area (TPSA) is 89.7 Å². The van der Waals surface area contributed by atoms with Crippen LogP contribution in [-0.2, 0) is 19.6 Å². The third-order valence-electron chi connectivity index (χ3n) is 4.07. The summed E-state index contributed by atoms with van der Waals surface area (Å²) in [4.78, 5) is 20.2. The smallest absolute Gasteiger partial charge is 0.277 e. The van der Waals surface area contributed by atoms with E-state index in [1.807, 2.05) is 12.1 Å². The van der Waals surface area contributed by atoms with E-state index in [1.54, 1.807) is 0 Å². The molecule has 0 aliphatic carbocycles. The monoisotopic (exact) mass is 325 g/mol. The molecule has 3 N–H and O–H groups in total. The van der Waals surface area contributed by atoms with Crippen molar-refractivity contribution >= 4 is 22.8 Å². The number of aromatic nitrogens is 4. The van der Waals surface area contributed by atoms with E-state index in [0.29, 0.717) is 6.54 Å². The number of hydrogen-bond donors (Lipinski definition) is 2. The molecular formula is C17H21N6O+. The van der Waals surface area contributed by atoms with Crippen LogP contribution in [0.15, 0.2) is 36.7 Å². The molecule has 3 aromatic rings. The Bertz CT molecular complexity index is 845. The number of nitrogen functional groups attached to an aromatic ring is 1. The van der Waals surface area contributed by atoms with Gasteiger partial charge in [0.1, 0.15) is 6.54 Å². The van der Waals surface area contributed by atoms with E-state index in [1.165, 1.54) is 12.4 Å². The van der Waals surface area contributed by atoms with Gasteiger partial charge in [0.15, 0.2) is 22.5 Å². The van der Waals surface area contributed by atoms with Gasteiger partial charge in [0, 0.05) is 12.4 Å². The number of hydrogen-bond acceptors (Lipinski definition) is 4. The first-order valence-electron chi connectivity index (χ1n) is 8.02. The van der Waals surface area contributed by atoms with Crippen molar-refractivity contribution in [3.8, 4) is 0 Å². The van der Waals surface area contributed by atoms with Gasteiger partial charge < -0.3 is 11.1 Å². The standard InChI is InChI=1S/C17H20N6O/c1-3-22-12-7-5-6-8-13(12)23(4-2)14(22)11-21-17(24)15-16(18)20-10-9-19-15/h5-10H,3-4,11H2,1-2H3,(H2-,18,20,21,24)/p+1. The maximum absolute atomic E-state index is 12.3. The summed E-state index contributed by atoms with van der Waals surface area (Å²) in [5.74, 6) is 0.850. The van der Waals surface area contributed by atoms with Gasteiger partial charge in [0.05, 0.1) is 13.1 Å². The van der Waals surface area contributed by atoms with Crippen LogP contribution >= 0.6 is 0 Å². The molecule has 1 amide bonds. The van der Waals surface area contributed by atoms with Crippen LogP contribution in [0, 0.1) is 0 Å². The number of carbonyl (C=O) groups is 1. The van der Waals surface area contributed by atoms with Gasteiger partial charge in [-0.15, -0.1) is 0 Å².